The molecule has 2 atom stereocenters. The van der Waals surface area contributed by atoms with Crippen LogP contribution < -0.4 is 5.32 Å². The lowest BCUT2D eigenvalue weighted by molar-refractivity contribution is -0.384. The molecule has 0 radical (unpaired) electrons. The van der Waals surface area contributed by atoms with Gasteiger partial charge in [-0.2, -0.15) is 0 Å². The third-order valence-electron chi connectivity index (χ3n) is 3.32. The molecule has 18 heavy (non-hydrogen) atoms. The average molecular weight is 272 g/mol. The van der Waals surface area contributed by atoms with Crippen LogP contribution in [0.15, 0.2) is 12.3 Å². The Labute approximate surface area is 109 Å². The number of nitro groups is 1. The van der Waals surface area contributed by atoms with Gasteiger partial charge in [-0.25, -0.2) is 4.98 Å². The third kappa shape index (κ3) is 2.39. The van der Waals surface area contributed by atoms with E-state index in [4.69, 9.17) is 16.3 Å². The molecule has 1 aliphatic rings. The van der Waals surface area contributed by atoms with E-state index in [1.165, 1.54) is 12.3 Å². The number of anilines is 1. The van der Waals surface area contributed by atoms with Crippen molar-refractivity contribution in [1.29, 1.82) is 0 Å². The van der Waals surface area contributed by atoms with Crippen LogP contribution in [-0.4, -0.2) is 28.2 Å². The van der Waals surface area contributed by atoms with Crippen molar-refractivity contribution in [1.82, 2.24) is 4.98 Å². The van der Waals surface area contributed by atoms with Crippen molar-refractivity contribution in [3.05, 3.63) is 27.4 Å². The Bertz CT molecular complexity index is 483. The number of hydrogen-bond acceptors (Lipinski definition) is 5. The van der Waals surface area contributed by atoms with Gasteiger partial charge < -0.3 is 10.1 Å². The van der Waals surface area contributed by atoms with Crippen LogP contribution in [0.4, 0.5) is 11.5 Å². The first-order chi connectivity index (χ1) is 8.42. The number of halogens is 1. The maximum Gasteiger partial charge on any atom is 0.312 e. The average Bonchev–Trinajstić information content (AvgIpc) is 2.61. The number of nitrogens with one attached hydrogen (secondary N) is 1. The molecular weight excluding hydrogens is 258 g/mol. The van der Waals surface area contributed by atoms with Crippen molar-refractivity contribution >= 4 is 23.1 Å². The fourth-order valence-electron chi connectivity index (χ4n) is 1.93. The van der Waals surface area contributed by atoms with E-state index in [0.29, 0.717) is 6.61 Å². The molecule has 1 aromatic heterocycles. The summed E-state index contributed by atoms with van der Waals surface area (Å²) in [5.41, 5.74) is -0.478. The minimum atomic E-state index is -0.495. The predicted octanol–water partition coefficient (Wildman–Crippen LogP) is 2.62. The van der Waals surface area contributed by atoms with E-state index >= 15 is 0 Å². The summed E-state index contributed by atoms with van der Waals surface area (Å²) in [6, 6.07) is 1.29. The van der Waals surface area contributed by atoms with Crippen LogP contribution in [-0.2, 0) is 4.74 Å². The molecule has 1 fully saturated rings. The van der Waals surface area contributed by atoms with Gasteiger partial charge in [0.05, 0.1) is 21.6 Å². The highest BCUT2D eigenvalue weighted by molar-refractivity contribution is 6.30. The van der Waals surface area contributed by atoms with Crippen molar-refractivity contribution < 1.29 is 9.66 Å². The van der Waals surface area contributed by atoms with E-state index in [-0.39, 0.29) is 28.2 Å². The first-order valence-corrected chi connectivity index (χ1v) is 6.00. The fourth-order valence-corrected chi connectivity index (χ4v) is 2.09. The van der Waals surface area contributed by atoms with Gasteiger partial charge in [0.1, 0.15) is 0 Å². The monoisotopic (exact) mass is 271 g/mol. The molecule has 0 saturated carbocycles. The summed E-state index contributed by atoms with van der Waals surface area (Å²) in [6.45, 7) is 4.53. The Kier molecular flexibility index (Phi) is 3.41. The molecule has 98 valence electrons. The highest BCUT2D eigenvalue weighted by atomic mass is 35.5. The van der Waals surface area contributed by atoms with Crippen molar-refractivity contribution in [3.63, 3.8) is 0 Å². The summed E-state index contributed by atoms with van der Waals surface area (Å²) in [5, 5.41) is 14.3. The van der Waals surface area contributed by atoms with Crippen LogP contribution >= 0.6 is 11.6 Å². The van der Waals surface area contributed by atoms with Gasteiger partial charge in [-0.05, 0) is 20.3 Å². The Hall–Kier alpha value is -1.40. The number of rotatable bonds is 3. The van der Waals surface area contributed by atoms with Crippen LogP contribution in [0.2, 0.25) is 5.02 Å². The van der Waals surface area contributed by atoms with Gasteiger partial charge in [-0.3, -0.25) is 10.1 Å². The fraction of sp³-hybridized carbons (Fsp3) is 0.545. The number of aromatic nitrogens is 1. The van der Waals surface area contributed by atoms with E-state index in [2.05, 4.69) is 10.3 Å². The Balaban J connectivity index is 2.31. The van der Waals surface area contributed by atoms with Gasteiger partial charge in [0.2, 0.25) is 5.82 Å². The van der Waals surface area contributed by atoms with Crippen LogP contribution in [0.25, 0.3) is 0 Å². The van der Waals surface area contributed by atoms with Crippen LogP contribution in [0.3, 0.4) is 0 Å². The lowest BCUT2D eigenvalue weighted by atomic mass is 9.94. The van der Waals surface area contributed by atoms with Gasteiger partial charge in [-0.15, -0.1) is 0 Å². The first-order valence-electron chi connectivity index (χ1n) is 5.62. The predicted molar refractivity (Wildman–Crippen MR) is 68.0 cm³/mol. The molecule has 1 saturated heterocycles. The highest BCUT2D eigenvalue weighted by Crippen LogP contribution is 2.33. The summed E-state index contributed by atoms with van der Waals surface area (Å²) in [4.78, 5) is 14.5. The second-order valence-corrected chi connectivity index (χ2v) is 5.02. The molecular formula is C11H14ClN3O3. The zero-order valence-corrected chi connectivity index (χ0v) is 10.9. The van der Waals surface area contributed by atoms with E-state index in [1.807, 2.05) is 13.8 Å². The molecule has 1 aliphatic heterocycles. The van der Waals surface area contributed by atoms with Crippen LogP contribution in [0.1, 0.15) is 20.3 Å². The van der Waals surface area contributed by atoms with E-state index in [9.17, 15) is 10.1 Å². The van der Waals surface area contributed by atoms with Crippen molar-refractivity contribution in [2.24, 2.45) is 0 Å². The topological polar surface area (TPSA) is 77.3 Å². The number of pyridine rings is 1. The molecule has 7 heteroatoms. The van der Waals surface area contributed by atoms with Crippen LogP contribution in [0, 0.1) is 10.1 Å². The number of hydrogen-bond donors (Lipinski definition) is 1. The van der Waals surface area contributed by atoms with E-state index < -0.39 is 4.92 Å². The minimum absolute atomic E-state index is 0.0328. The Morgan fingerprint density at radius 2 is 2.44 bits per heavy atom. The minimum Gasteiger partial charge on any atom is -0.376 e. The number of nitrogens with zero attached hydrogens (tertiary/aromatic N) is 2. The smallest absolute Gasteiger partial charge is 0.312 e. The van der Waals surface area contributed by atoms with Gasteiger partial charge >= 0.3 is 5.69 Å². The molecule has 2 heterocycles. The first kappa shape index (κ1) is 13.0. The quantitative estimate of drug-likeness (QED) is 0.675. The van der Waals surface area contributed by atoms with Crippen LogP contribution in [0.5, 0.6) is 0 Å². The molecule has 1 N–H and O–H groups in total. The number of ether oxygens (including phenoxy) is 1. The lowest BCUT2D eigenvalue weighted by Gasteiger charge is -2.29. The maximum atomic E-state index is 11.0. The van der Waals surface area contributed by atoms with Gasteiger partial charge in [-0.1, -0.05) is 11.6 Å². The molecule has 0 aliphatic carbocycles. The summed E-state index contributed by atoms with van der Waals surface area (Å²) >= 11 is 5.72. The third-order valence-corrected chi connectivity index (χ3v) is 3.53. The molecule has 1 aromatic rings. The van der Waals surface area contributed by atoms with Gasteiger partial charge in [0, 0.05) is 18.9 Å². The SMILES string of the molecule is C[C@@H]1OCC[C@]1(C)Nc1ncc(Cl)cc1[N+](=O)[O-]. The molecule has 6 nitrogen and oxygen atoms in total. The second-order valence-electron chi connectivity index (χ2n) is 4.58. The normalized spacial score (nSPS) is 27.2. The summed E-state index contributed by atoms with van der Waals surface area (Å²) in [7, 11) is 0. The molecule has 0 spiro atoms. The highest BCUT2D eigenvalue weighted by Gasteiger charge is 2.38. The van der Waals surface area contributed by atoms with Gasteiger partial charge in [0.15, 0.2) is 0 Å². The lowest BCUT2D eigenvalue weighted by Crippen LogP contribution is -2.41. The Morgan fingerprint density at radius 1 is 1.72 bits per heavy atom. The summed E-state index contributed by atoms with van der Waals surface area (Å²) in [5.74, 6) is 0.226. The van der Waals surface area contributed by atoms with Crippen molar-refractivity contribution in [2.75, 3.05) is 11.9 Å². The van der Waals surface area contributed by atoms with Gasteiger partial charge in [0.25, 0.3) is 0 Å². The van der Waals surface area contributed by atoms with Crippen molar-refractivity contribution in [2.45, 2.75) is 31.9 Å². The second kappa shape index (κ2) is 4.70. The van der Waals surface area contributed by atoms with E-state index in [0.717, 1.165) is 6.42 Å². The summed E-state index contributed by atoms with van der Waals surface area (Å²) in [6.07, 6.45) is 2.13. The maximum absolute atomic E-state index is 11.0. The zero-order chi connectivity index (χ0) is 13.3. The Morgan fingerprint density at radius 3 is 3.00 bits per heavy atom. The summed E-state index contributed by atoms with van der Waals surface area (Å²) < 4.78 is 5.48. The molecule has 0 bridgehead atoms. The molecule has 0 aromatic carbocycles. The largest absolute Gasteiger partial charge is 0.376 e. The zero-order valence-electron chi connectivity index (χ0n) is 10.1. The molecule has 0 amide bonds. The standard InChI is InChI=1S/C11H14ClN3O3/c1-7-11(2,3-4-18-7)14-10-9(15(16)17)5-8(12)6-13-10/h5-7H,3-4H2,1-2H3,(H,13,14)/t7-,11-/m0/s1. The molecule has 0 unspecified atom stereocenters. The van der Waals surface area contributed by atoms with E-state index in [1.54, 1.807) is 0 Å². The molecule has 2 rings (SSSR count). The van der Waals surface area contributed by atoms with Crippen molar-refractivity contribution in [3.8, 4) is 0 Å².